The molecule has 1 aromatic carbocycles. The first-order valence-electron chi connectivity index (χ1n) is 4.30. The highest BCUT2D eigenvalue weighted by molar-refractivity contribution is 9.10. The maximum atomic E-state index is 11.0. The fraction of sp³-hybridized carbons (Fsp3) is 0. The van der Waals surface area contributed by atoms with Crippen molar-refractivity contribution < 1.29 is 8.42 Å². The lowest BCUT2D eigenvalue weighted by Gasteiger charge is -2.02. The summed E-state index contributed by atoms with van der Waals surface area (Å²) >= 11 is 3.28. The van der Waals surface area contributed by atoms with Crippen LogP contribution in [0.5, 0.6) is 0 Å². The Hall–Kier alpha value is -1.18. The van der Waals surface area contributed by atoms with Gasteiger partial charge in [0.25, 0.3) is 0 Å². The zero-order valence-corrected chi connectivity index (χ0v) is 10.4. The molecule has 16 heavy (non-hydrogen) atoms. The molecular weight excluding hydrogens is 294 g/mol. The van der Waals surface area contributed by atoms with E-state index in [0.717, 1.165) is 10.2 Å². The average Bonchev–Trinajstić information content (AvgIpc) is 2.64. The lowest BCUT2D eigenvalue weighted by Crippen LogP contribution is -2.12. The van der Waals surface area contributed by atoms with Crippen molar-refractivity contribution in [1.82, 2.24) is 9.78 Å². The molecule has 0 spiro atoms. The molecule has 0 atom stereocenters. The first-order valence-corrected chi connectivity index (χ1v) is 6.64. The molecule has 0 radical (unpaired) electrons. The van der Waals surface area contributed by atoms with Crippen LogP contribution in [-0.4, -0.2) is 18.2 Å². The van der Waals surface area contributed by atoms with Crippen LogP contribution in [0.1, 0.15) is 0 Å². The molecule has 0 unspecified atom stereocenters. The van der Waals surface area contributed by atoms with Gasteiger partial charge < -0.3 is 0 Å². The Balaban J connectivity index is 2.40. The summed E-state index contributed by atoms with van der Waals surface area (Å²) in [5.74, 6) is 0. The first-order chi connectivity index (χ1) is 7.47. The van der Waals surface area contributed by atoms with Crippen LogP contribution in [0.2, 0.25) is 0 Å². The lowest BCUT2D eigenvalue weighted by molar-refractivity contribution is 0.598. The number of primary sulfonamides is 1. The summed E-state index contributed by atoms with van der Waals surface area (Å²) in [6, 6.07) is 6.17. The van der Waals surface area contributed by atoms with Crippen molar-refractivity contribution in [3.63, 3.8) is 0 Å². The van der Waals surface area contributed by atoms with E-state index < -0.39 is 10.0 Å². The minimum Gasteiger partial charge on any atom is -0.240 e. The standard InChI is InChI=1S/C9H8BrN3O2S/c10-7-5-12-13(6-7)8-1-3-9(4-2-8)16(11,14)15/h1-6H,(H2,11,14,15). The van der Waals surface area contributed by atoms with Crippen molar-refractivity contribution in [3.05, 3.63) is 41.1 Å². The van der Waals surface area contributed by atoms with Crippen LogP contribution in [0.4, 0.5) is 0 Å². The Kier molecular flexibility index (Phi) is 2.83. The second kappa shape index (κ2) is 4.00. The van der Waals surface area contributed by atoms with Crippen LogP contribution in [0.15, 0.2) is 46.0 Å². The van der Waals surface area contributed by atoms with Crippen molar-refractivity contribution >= 4 is 26.0 Å². The monoisotopic (exact) mass is 301 g/mol. The largest absolute Gasteiger partial charge is 0.240 e. The van der Waals surface area contributed by atoms with Gasteiger partial charge in [-0.15, -0.1) is 0 Å². The molecule has 0 saturated carbocycles. The molecule has 0 bridgehead atoms. The molecule has 2 aromatic rings. The number of sulfonamides is 1. The molecule has 0 amide bonds. The number of aromatic nitrogens is 2. The normalized spacial score (nSPS) is 11.6. The van der Waals surface area contributed by atoms with E-state index in [4.69, 9.17) is 5.14 Å². The van der Waals surface area contributed by atoms with Gasteiger partial charge in [0.15, 0.2) is 0 Å². The van der Waals surface area contributed by atoms with Crippen molar-refractivity contribution in [2.24, 2.45) is 5.14 Å². The number of benzene rings is 1. The van der Waals surface area contributed by atoms with E-state index in [2.05, 4.69) is 21.0 Å². The summed E-state index contributed by atoms with van der Waals surface area (Å²) in [5.41, 5.74) is 0.762. The Morgan fingerprint density at radius 2 is 1.88 bits per heavy atom. The van der Waals surface area contributed by atoms with Gasteiger partial charge in [0, 0.05) is 6.20 Å². The lowest BCUT2D eigenvalue weighted by atomic mass is 10.3. The number of nitrogens with two attached hydrogens (primary N) is 1. The molecule has 0 aliphatic heterocycles. The topological polar surface area (TPSA) is 78.0 Å². The van der Waals surface area contributed by atoms with Gasteiger partial charge in [0.2, 0.25) is 10.0 Å². The van der Waals surface area contributed by atoms with E-state index in [1.807, 2.05) is 0 Å². The van der Waals surface area contributed by atoms with Crippen LogP contribution in [0, 0.1) is 0 Å². The van der Waals surface area contributed by atoms with Crippen LogP contribution >= 0.6 is 15.9 Å². The van der Waals surface area contributed by atoms with E-state index >= 15 is 0 Å². The SMILES string of the molecule is NS(=O)(=O)c1ccc(-n2cc(Br)cn2)cc1. The van der Waals surface area contributed by atoms with Crippen molar-refractivity contribution in [1.29, 1.82) is 0 Å². The van der Waals surface area contributed by atoms with E-state index in [0.29, 0.717) is 0 Å². The van der Waals surface area contributed by atoms with Crippen LogP contribution in [-0.2, 0) is 10.0 Å². The third-order valence-corrected chi connectivity index (χ3v) is 3.32. The predicted molar refractivity (Wildman–Crippen MR) is 62.6 cm³/mol. The highest BCUT2D eigenvalue weighted by atomic mass is 79.9. The van der Waals surface area contributed by atoms with E-state index in [9.17, 15) is 8.42 Å². The van der Waals surface area contributed by atoms with E-state index in [1.54, 1.807) is 29.2 Å². The van der Waals surface area contributed by atoms with Crippen LogP contribution < -0.4 is 5.14 Å². The van der Waals surface area contributed by atoms with E-state index in [-0.39, 0.29) is 4.90 Å². The Morgan fingerprint density at radius 3 is 2.31 bits per heavy atom. The van der Waals surface area contributed by atoms with E-state index in [1.165, 1.54) is 12.1 Å². The van der Waals surface area contributed by atoms with Gasteiger partial charge in [0.1, 0.15) is 0 Å². The van der Waals surface area contributed by atoms with Gasteiger partial charge in [-0.1, -0.05) is 0 Å². The molecule has 7 heteroatoms. The van der Waals surface area contributed by atoms with Crippen molar-refractivity contribution in [2.45, 2.75) is 4.90 Å². The van der Waals surface area contributed by atoms with Gasteiger partial charge >= 0.3 is 0 Å². The molecular formula is C9H8BrN3O2S. The summed E-state index contributed by atoms with van der Waals surface area (Å²) in [7, 11) is -3.64. The van der Waals surface area contributed by atoms with Crippen molar-refractivity contribution in [3.8, 4) is 5.69 Å². The molecule has 84 valence electrons. The maximum absolute atomic E-state index is 11.0. The smallest absolute Gasteiger partial charge is 0.238 e. The fourth-order valence-corrected chi connectivity index (χ4v) is 2.03. The molecule has 1 aromatic heterocycles. The molecule has 0 saturated heterocycles. The minimum absolute atomic E-state index is 0.0856. The summed E-state index contributed by atoms with van der Waals surface area (Å²) in [6.45, 7) is 0. The average molecular weight is 302 g/mol. The molecule has 2 rings (SSSR count). The van der Waals surface area contributed by atoms with Gasteiger partial charge in [0.05, 0.1) is 21.3 Å². The van der Waals surface area contributed by atoms with Gasteiger partial charge in [-0.3, -0.25) is 0 Å². The summed E-state index contributed by atoms with van der Waals surface area (Å²) in [5, 5.41) is 9.06. The highest BCUT2D eigenvalue weighted by Crippen LogP contribution is 2.14. The molecule has 1 heterocycles. The first kappa shape index (κ1) is 11.3. The highest BCUT2D eigenvalue weighted by Gasteiger charge is 2.07. The number of halogens is 1. The summed E-state index contributed by atoms with van der Waals surface area (Å²) < 4.78 is 24.5. The Bertz CT molecular complexity index is 604. The molecule has 0 aliphatic rings. The minimum atomic E-state index is -3.64. The molecule has 0 aliphatic carbocycles. The maximum Gasteiger partial charge on any atom is 0.238 e. The predicted octanol–water partition coefficient (Wildman–Crippen LogP) is 1.28. The quantitative estimate of drug-likeness (QED) is 0.907. The molecule has 0 fully saturated rings. The van der Waals surface area contributed by atoms with Crippen LogP contribution in [0.3, 0.4) is 0 Å². The Morgan fingerprint density at radius 1 is 1.25 bits per heavy atom. The third-order valence-electron chi connectivity index (χ3n) is 1.98. The summed E-state index contributed by atoms with van der Waals surface area (Å²) in [6.07, 6.45) is 3.42. The second-order valence-corrected chi connectivity index (χ2v) is 5.62. The van der Waals surface area contributed by atoms with Crippen molar-refractivity contribution in [2.75, 3.05) is 0 Å². The Labute approximate surface area is 101 Å². The van der Waals surface area contributed by atoms with Crippen LogP contribution in [0.25, 0.3) is 5.69 Å². The van der Waals surface area contributed by atoms with Gasteiger partial charge in [-0.05, 0) is 40.2 Å². The second-order valence-electron chi connectivity index (χ2n) is 3.14. The third kappa shape index (κ3) is 2.31. The molecule has 2 N–H and O–H groups in total. The number of hydrogen-bond donors (Lipinski definition) is 1. The molecule has 5 nitrogen and oxygen atoms in total. The summed E-state index contributed by atoms with van der Waals surface area (Å²) in [4.78, 5) is 0.0856. The fourth-order valence-electron chi connectivity index (χ4n) is 1.23. The number of nitrogens with zero attached hydrogens (tertiary/aromatic N) is 2. The van der Waals surface area contributed by atoms with Gasteiger partial charge in [-0.2, -0.15) is 5.10 Å². The zero-order valence-electron chi connectivity index (χ0n) is 8.04. The number of rotatable bonds is 2. The van der Waals surface area contributed by atoms with Gasteiger partial charge in [-0.25, -0.2) is 18.2 Å². The number of hydrogen-bond acceptors (Lipinski definition) is 3. The zero-order chi connectivity index (χ0) is 11.8.